The first kappa shape index (κ1) is 13.0. The van der Waals surface area contributed by atoms with E-state index in [-0.39, 0.29) is 5.92 Å². The van der Waals surface area contributed by atoms with E-state index in [1.54, 1.807) is 0 Å². The fourth-order valence-corrected chi connectivity index (χ4v) is 2.25. The smallest absolute Gasteiger partial charge is 0.450 e. The lowest BCUT2D eigenvalue weighted by atomic mass is 9.98. The molecule has 0 bridgehead atoms. The molecule has 1 aromatic rings. The van der Waals surface area contributed by atoms with Crippen LogP contribution in [0.15, 0.2) is 22.7 Å². The van der Waals surface area contributed by atoms with Crippen LogP contribution >= 0.6 is 15.9 Å². The molecule has 1 atom stereocenters. The lowest BCUT2D eigenvalue weighted by molar-refractivity contribution is 0.0305. The van der Waals surface area contributed by atoms with Crippen LogP contribution in [0.2, 0.25) is 0 Å². The molecule has 4 heteroatoms. The molecule has 0 saturated heterocycles. The Morgan fingerprint density at radius 1 is 1.44 bits per heavy atom. The van der Waals surface area contributed by atoms with Crippen molar-refractivity contribution in [1.82, 2.24) is 0 Å². The second kappa shape index (κ2) is 5.34. The van der Waals surface area contributed by atoms with Gasteiger partial charge in [0.2, 0.25) is 0 Å². The first-order valence-electron chi connectivity index (χ1n) is 5.07. The molecule has 0 spiro atoms. The third-order valence-corrected chi connectivity index (χ3v) is 2.98. The second-order valence-corrected chi connectivity index (χ2v) is 4.93. The largest absolute Gasteiger partial charge is 0.506 e. The number of carbonyl (C=O) groups is 1. The summed E-state index contributed by atoms with van der Waals surface area (Å²) in [7, 11) is 0. The average molecular weight is 287 g/mol. The molecule has 1 aromatic carbocycles. The summed E-state index contributed by atoms with van der Waals surface area (Å²) in [5.41, 5.74) is 1.98. The summed E-state index contributed by atoms with van der Waals surface area (Å²) in [5, 5.41) is 8.70. The molecular formula is C12H15BrO3. The summed E-state index contributed by atoms with van der Waals surface area (Å²) in [4.78, 5) is 10.6. The Bertz CT molecular complexity index is 388. The van der Waals surface area contributed by atoms with Gasteiger partial charge in [-0.15, -0.1) is 0 Å². The van der Waals surface area contributed by atoms with E-state index in [2.05, 4.69) is 15.9 Å². The summed E-state index contributed by atoms with van der Waals surface area (Å²) >= 11 is 3.43. The number of benzene rings is 1. The van der Waals surface area contributed by atoms with E-state index < -0.39 is 12.3 Å². The molecule has 0 unspecified atom stereocenters. The summed E-state index contributed by atoms with van der Waals surface area (Å²) in [6, 6.07) is 5.80. The van der Waals surface area contributed by atoms with Crippen molar-refractivity contribution in [3.05, 3.63) is 33.8 Å². The Labute approximate surface area is 104 Å². The first-order valence-corrected chi connectivity index (χ1v) is 5.86. The predicted octanol–water partition coefficient (Wildman–Crippen LogP) is 4.15. The van der Waals surface area contributed by atoms with Gasteiger partial charge in [-0.3, -0.25) is 0 Å². The summed E-state index contributed by atoms with van der Waals surface area (Å²) in [6.07, 6.45) is -1.68. The lowest BCUT2D eigenvalue weighted by Gasteiger charge is -2.21. The maximum absolute atomic E-state index is 10.6. The Morgan fingerprint density at radius 3 is 2.50 bits per heavy atom. The van der Waals surface area contributed by atoms with E-state index in [0.717, 1.165) is 15.6 Å². The average Bonchev–Trinajstić information content (AvgIpc) is 2.14. The maximum atomic E-state index is 10.6. The Hall–Kier alpha value is -1.03. The van der Waals surface area contributed by atoms with Crippen LogP contribution in [-0.4, -0.2) is 11.3 Å². The summed E-state index contributed by atoms with van der Waals surface area (Å²) < 4.78 is 5.79. The number of aryl methyl sites for hydroxylation is 1. The Kier molecular flexibility index (Phi) is 4.35. The molecule has 0 saturated carbocycles. The molecule has 0 aromatic heterocycles. The van der Waals surface area contributed by atoms with Crippen LogP contribution in [0.3, 0.4) is 0 Å². The van der Waals surface area contributed by atoms with Crippen molar-refractivity contribution in [2.45, 2.75) is 26.9 Å². The van der Waals surface area contributed by atoms with Gasteiger partial charge in [0.15, 0.2) is 0 Å². The molecule has 0 fully saturated rings. The highest BCUT2D eigenvalue weighted by Gasteiger charge is 2.22. The van der Waals surface area contributed by atoms with Crippen LogP contribution in [0.5, 0.6) is 0 Å². The monoisotopic (exact) mass is 286 g/mol. The minimum atomic E-state index is -1.24. The molecule has 1 N–H and O–H groups in total. The van der Waals surface area contributed by atoms with Gasteiger partial charge in [-0.2, -0.15) is 0 Å². The van der Waals surface area contributed by atoms with Gasteiger partial charge in [0, 0.05) is 10.0 Å². The zero-order chi connectivity index (χ0) is 12.3. The van der Waals surface area contributed by atoms with Crippen LogP contribution in [0, 0.1) is 12.8 Å². The quantitative estimate of drug-likeness (QED) is 0.849. The van der Waals surface area contributed by atoms with E-state index in [1.165, 1.54) is 0 Å². The highest BCUT2D eigenvalue weighted by atomic mass is 79.9. The number of hydrogen-bond acceptors (Lipinski definition) is 2. The van der Waals surface area contributed by atoms with E-state index in [1.807, 2.05) is 39.0 Å². The number of carboxylic acid groups (broad SMARTS) is 1. The summed E-state index contributed by atoms with van der Waals surface area (Å²) in [5.74, 6) is 0.0927. The minimum Gasteiger partial charge on any atom is -0.450 e. The van der Waals surface area contributed by atoms with Gasteiger partial charge in [-0.1, -0.05) is 41.9 Å². The molecule has 0 heterocycles. The number of halogens is 1. The van der Waals surface area contributed by atoms with Crippen LogP contribution in [0.1, 0.15) is 31.1 Å². The molecule has 16 heavy (non-hydrogen) atoms. The molecule has 0 aliphatic carbocycles. The SMILES string of the molecule is Cc1ccc([C@H](OC(=O)O)C(C)C)c(Br)c1. The zero-order valence-corrected chi connectivity index (χ0v) is 11.1. The third-order valence-electron chi connectivity index (χ3n) is 2.30. The van der Waals surface area contributed by atoms with Crippen LogP contribution in [0.25, 0.3) is 0 Å². The molecule has 3 nitrogen and oxygen atoms in total. The molecule has 0 aliphatic rings. The van der Waals surface area contributed by atoms with Gasteiger partial charge in [-0.05, 0) is 24.5 Å². The minimum absolute atomic E-state index is 0.0927. The van der Waals surface area contributed by atoms with Gasteiger partial charge in [0.1, 0.15) is 6.10 Å². The standard InChI is InChI=1S/C12H15BrO3/c1-7(2)11(16-12(14)15)9-5-4-8(3)6-10(9)13/h4-7,11H,1-3H3,(H,14,15)/t11-/m1/s1. The van der Waals surface area contributed by atoms with Crippen LogP contribution in [-0.2, 0) is 4.74 Å². The van der Waals surface area contributed by atoms with Crippen molar-refractivity contribution in [2.75, 3.05) is 0 Å². The predicted molar refractivity (Wildman–Crippen MR) is 65.6 cm³/mol. The molecule has 0 radical (unpaired) electrons. The Morgan fingerprint density at radius 2 is 2.06 bits per heavy atom. The van der Waals surface area contributed by atoms with Gasteiger partial charge in [0.05, 0.1) is 0 Å². The van der Waals surface area contributed by atoms with Crippen molar-refractivity contribution in [3.8, 4) is 0 Å². The fourth-order valence-electron chi connectivity index (χ4n) is 1.53. The van der Waals surface area contributed by atoms with Crippen molar-refractivity contribution in [1.29, 1.82) is 0 Å². The van der Waals surface area contributed by atoms with Crippen molar-refractivity contribution in [3.63, 3.8) is 0 Å². The van der Waals surface area contributed by atoms with E-state index in [4.69, 9.17) is 9.84 Å². The summed E-state index contributed by atoms with van der Waals surface area (Å²) in [6.45, 7) is 5.84. The van der Waals surface area contributed by atoms with Crippen molar-refractivity contribution in [2.24, 2.45) is 5.92 Å². The van der Waals surface area contributed by atoms with E-state index in [0.29, 0.717) is 0 Å². The van der Waals surface area contributed by atoms with E-state index in [9.17, 15) is 4.79 Å². The maximum Gasteiger partial charge on any atom is 0.506 e. The fraction of sp³-hybridized carbons (Fsp3) is 0.417. The zero-order valence-electron chi connectivity index (χ0n) is 9.53. The van der Waals surface area contributed by atoms with Gasteiger partial charge >= 0.3 is 6.16 Å². The molecule has 0 amide bonds. The van der Waals surface area contributed by atoms with Crippen molar-refractivity contribution >= 4 is 22.1 Å². The number of hydrogen-bond donors (Lipinski definition) is 1. The molecular weight excluding hydrogens is 272 g/mol. The van der Waals surface area contributed by atoms with Crippen molar-refractivity contribution < 1.29 is 14.6 Å². The van der Waals surface area contributed by atoms with Gasteiger partial charge in [-0.25, -0.2) is 4.79 Å². The van der Waals surface area contributed by atoms with Gasteiger partial charge in [0.25, 0.3) is 0 Å². The molecule has 0 aliphatic heterocycles. The van der Waals surface area contributed by atoms with Gasteiger partial charge < -0.3 is 9.84 Å². The van der Waals surface area contributed by atoms with Crippen LogP contribution < -0.4 is 0 Å². The number of rotatable bonds is 3. The normalized spacial score (nSPS) is 12.6. The number of ether oxygens (including phenoxy) is 1. The third kappa shape index (κ3) is 3.23. The molecule has 88 valence electrons. The highest BCUT2D eigenvalue weighted by molar-refractivity contribution is 9.10. The second-order valence-electron chi connectivity index (χ2n) is 4.07. The first-order chi connectivity index (χ1) is 7.41. The van der Waals surface area contributed by atoms with E-state index >= 15 is 0 Å². The van der Waals surface area contributed by atoms with Crippen LogP contribution in [0.4, 0.5) is 4.79 Å². The Balaban J connectivity index is 3.05. The molecule has 1 rings (SSSR count). The highest BCUT2D eigenvalue weighted by Crippen LogP contribution is 2.32. The topological polar surface area (TPSA) is 46.5 Å². The lowest BCUT2D eigenvalue weighted by Crippen LogP contribution is -2.15.